The molecule has 0 radical (unpaired) electrons. The molecule has 1 unspecified atom stereocenters. The number of aromatic nitrogens is 2. The van der Waals surface area contributed by atoms with Crippen molar-refractivity contribution in [2.24, 2.45) is 5.92 Å². The van der Waals surface area contributed by atoms with E-state index in [1.807, 2.05) is 38.2 Å². The highest BCUT2D eigenvalue weighted by atomic mass is 79.9. The summed E-state index contributed by atoms with van der Waals surface area (Å²) in [6.07, 6.45) is 3.68. The molecule has 1 fully saturated rings. The fourth-order valence-corrected chi connectivity index (χ4v) is 3.53. The molecule has 2 aromatic heterocycles. The number of piperidine rings is 1. The van der Waals surface area contributed by atoms with Gasteiger partial charge in [-0.05, 0) is 66.4 Å². The Morgan fingerprint density at radius 1 is 1.38 bits per heavy atom. The SMILES string of the molecule is Cc1cccc(NC(=O)C2CCCN(c3ncc(Br)cc3C)C2)n1. The number of rotatable bonds is 3. The van der Waals surface area contributed by atoms with Gasteiger partial charge in [-0.3, -0.25) is 4.79 Å². The van der Waals surface area contributed by atoms with Crippen molar-refractivity contribution in [3.05, 3.63) is 46.2 Å². The maximum atomic E-state index is 12.6. The van der Waals surface area contributed by atoms with E-state index in [2.05, 4.69) is 42.2 Å². The van der Waals surface area contributed by atoms with Crippen LogP contribution in [0.15, 0.2) is 34.9 Å². The number of anilines is 2. The van der Waals surface area contributed by atoms with Crippen LogP contribution in [0.25, 0.3) is 0 Å². The summed E-state index contributed by atoms with van der Waals surface area (Å²) in [6.45, 7) is 5.59. The minimum atomic E-state index is -0.0501. The second-order valence-corrected chi connectivity index (χ2v) is 7.15. The Bertz CT molecular complexity index is 750. The molecule has 3 rings (SSSR count). The lowest BCUT2D eigenvalue weighted by molar-refractivity contribution is -0.120. The minimum absolute atomic E-state index is 0.0348. The predicted octanol–water partition coefficient (Wildman–Crippen LogP) is 3.71. The number of halogens is 1. The molecule has 1 aliphatic rings. The third kappa shape index (κ3) is 3.93. The number of aryl methyl sites for hydroxylation is 2. The van der Waals surface area contributed by atoms with Crippen LogP contribution in [0.1, 0.15) is 24.1 Å². The van der Waals surface area contributed by atoms with Crippen LogP contribution >= 0.6 is 15.9 Å². The molecule has 0 spiro atoms. The first-order chi connectivity index (χ1) is 11.5. The largest absolute Gasteiger partial charge is 0.356 e. The number of carbonyl (C=O) groups excluding carboxylic acids is 1. The third-order valence-electron chi connectivity index (χ3n) is 4.25. The van der Waals surface area contributed by atoms with Gasteiger partial charge in [-0.1, -0.05) is 6.07 Å². The topological polar surface area (TPSA) is 58.1 Å². The van der Waals surface area contributed by atoms with Crippen molar-refractivity contribution in [1.29, 1.82) is 0 Å². The van der Waals surface area contributed by atoms with Crippen molar-refractivity contribution >= 4 is 33.5 Å². The van der Waals surface area contributed by atoms with E-state index in [4.69, 9.17) is 0 Å². The fraction of sp³-hybridized carbons (Fsp3) is 0.389. The van der Waals surface area contributed by atoms with Crippen LogP contribution in [-0.4, -0.2) is 29.0 Å². The maximum Gasteiger partial charge on any atom is 0.230 e. The Hall–Kier alpha value is -1.95. The molecule has 5 nitrogen and oxygen atoms in total. The highest BCUT2D eigenvalue weighted by molar-refractivity contribution is 9.10. The van der Waals surface area contributed by atoms with E-state index in [0.717, 1.165) is 40.9 Å². The number of hydrogen-bond acceptors (Lipinski definition) is 4. The monoisotopic (exact) mass is 388 g/mol. The van der Waals surface area contributed by atoms with E-state index in [1.54, 1.807) is 0 Å². The van der Waals surface area contributed by atoms with Crippen LogP contribution in [0.3, 0.4) is 0 Å². The third-order valence-corrected chi connectivity index (χ3v) is 4.68. The number of hydrogen-bond donors (Lipinski definition) is 1. The molecule has 1 saturated heterocycles. The molecule has 126 valence electrons. The normalized spacial score (nSPS) is 17.6. The Labute approximate surface area is 150 Å². The Balaban J connectivity index is 1.69. The number of pyridine rings is 2. The number of amides is 1. The van der Waals surface area contributed by atoms with Crippen LogP contribution in [0.5, 0.6) is 0 Å². The summed E-state index contributed by atoms with van der Waals surface area (Å²) in [4.78, 5) is 23.7. The molecule has 0 bridgehead atoms. The molecule has 0 aromatic carbocycles. The molecule has 1 amide bonds. The molecular formula is C18H21BrN4O. The quantitative estimate of drug-likeness (QED) is 0.870. The van der Waals surface area contributed by atoms with Gasteiger partial charge >= 0.3 is 0 Å². The summed E-state index contributed by atoms with van der Waals surface area (Å²) >= 11 is 3.45. The van der Waals surface area contributed by atoms with Gasteiger partial charge in [0, 0.05) is 29.5 Å². The molecule has 2 aromatic rings. The zero-order chi connectivity index (χ0) is 17.1. The van der Waals surface area contributed by atoms with Crippen molar-refractivity contribution in [2.75, 3.05) is 23.3 Å². The molecule has 1 N–H and O–H groups in total. The van der Waals surface area contributed by atoms with Crippen LogP contribution < -0.4 is 10.2 Å². The summed E-state index contributed by atoms with van der Waals surface area (Å²) in [5.74, 6) is 1.57. The number of nitrogens with zero attached hydrogens (tertiary/aromatic N) is 3. The van der Waals surface area contributed by atoms with E-state index < -0.39 is 0 Å². The van der Waals surface area contributed by atoms with Crippen molar-refractivity contribution < 1.29 is 4.79 Å². The second kappa shape index (κ2) is 7.30. The van der Waals surface area contributed by atoms with Crippen LogP contribution in [0.2, 0.25) is 0 Å². The number of nitrogens with one attached hydrogen (secondary N) is 1. The van der Waals surface area contributed by atoms with E-state index in [1.165, 1.54) is 0 Å². The van der Waals surface area contributed by atoms with Gasteiger partial charge in [0.1, 0.15) is 11.6 Å². The predicted molar refractivity (Wildman–Crippen MR) is 99.2 cm³/mol. The molecule has 3 heterocycles. The Morgan fingerprint density at radius 3 is 2.96 bits per heavy atom. The first-order valence-corrected chi connectivity index (χ1v) is 8.94. The van der Waals surface area contributed by atoms with Gasteiger partial charge in [-0.2, -0.15) is 0 Å². The van der Waals surface area contributed by atoms with Gasteiger partial charge < -0.3 is 10.2 Å². The van der Waals surface area contributed by atoms with Gasteiger partial charge in [0.2, 0.25) is 5.91 Å². The summed E-state index contributed by atoms with van der Waals surface area (Å²) in [5.41, 5.74) is 2.01. The van der Waals surface area contributed by atoms with Gasteiger partial charge in [-0.15, -0.1) is 0 Å². The zero-order valence-corrected chi connectivity index (χ0v) is 15.5. The first-order valence-electron chi connectivity index (χ1n) is 8.14. The van der Waals surface area contributed by atoms with E-state index >= 15 is 0 Å². The Morgan fingerprint density at radius 2 is 2.21 bits per heavy atom. The van der Waals surface area contributed by atoms with E-state index in [-0.39, 0.29) is 11.8 Å². The average Bonchev–Trinajstić information content (AvgIpc) is 2.55. The molecule has 24 heavy (non-hydrogen) atoms. The lowest BCUT2D eigenvalue weighted by atomic mass is 9.97. The molecular weight excluding hydrogens is 368 g/mol. The highest BCUT2D eigenvalue weighted by Crippen LogP contribution is 2.26. The van der Waals surface area contributed by atoms with Gasteiger partial charge in [0.25, 0.3) is 0 Å². The zero-order valence-electron chi connectivity index (χ0n) is 13.9. The van der Waals surface area contributed by atoms with E-state index in [9.17, 15) is 4.79 Å². The summed E-state index contributed by atoms with van der Waals surface area (Å²) in [6, 6.07) is 7.70. The van der Waals surface area contributed by atoms with Crippen molar-refractivity contribution in [3.8, 4) is 0 Å². The lowest BCUT2D eigenvalue weighted by Gasteiger charge is -2.33. The van der Waals surface area contributed by atoms with Crippen molar-refractivity contribution in [2.45, 2.75) is 26.7 Å². The lowest BCUT2D eigenvalue weighted by Crippen LogP contribution is -2.41. The van der Waals surface area contributed by atoms with Crippen LogP contribution in [0.4, 0.5) is 11.6 Å². The first kappa shape index (κ1) is 16.9. The molecule has 6 heteroatoms. The molecule has 0 saturated carbocycles. The van der Waals surface area contributed by atoms with E-state index in [0.29, 0.717) is 12.4 Å². The summed E-state index contributed by atoms with van der Waals surface area (Å²) in [5, 5.41) is 2.94. The van der Waals surface area contributed by atoms with Crippen molar-refractivity contribution in [1.82, 2.24) is 9.97 Å². The summed E-state index contributed by atoms with van der Waals surface area (Å²) in [7, 11) is 0. The molecule has 0 aliphatic carbocycles. The smallest absolute Gasteiger partial charge is 0.230 e. The standard InChI is InChI=1S/C18H21BrN4O/c1-12-9-15(19)10-20-17(12)23-8-4-6-14(11-23)18(24)22-16-7-3-5-13(2)21-16/h3,5,7,9-10,14H,4,6,8,11H2,1-2H3,(H,21,22,24). The van der Waals surface area contributed by atoms with Gasteiger partial charge in [0.05, 0.1) is 5.92 Å². The minimum Gasteiger partial charge on any atom is -0.356 e. The maximum absolute atomic E-state index is 12.6. The molecule has 1 atom stereocenters. The fourth-order valence-electron chi connectivity index (χ4n) is 3.09. The number of carbonyl (C=O) groups is 1. The second-order valence-electron chi connectivity index (χ2n) is 6.23. The van der Waals surface area contributed by atoms with Crippen molar-refractivity contribution in [3.63, 3.8) is 0 Å². The average molecular weight is 389 g/mol. The van der Waals surface area contributed by atoms with Gasteiger partial charge in [0.15, 0.2) is 0 Å². The molecule has 1 aliphatic heterocycles. The van der Waals surface area contributed by atoms with Crippen LogP contribution in [-0.2, 0) is 4.79 Å². The van der Waals surface area contributed by atoms with Gasteiger partial charge in [-0.25, -0.2) is 9.97 Å². The summed E-state index contributed by atoms with van der Waals surface area (Å²) < 4.78 is 0.973. The highest BCUT2D eigenvalue weighted by Gasteiger charge is 2.27. The van der Waals surface area contributed by atoms with Crippen LogP contribution in [0, 0.1) is 19.8 Å². The Kier molecular flexibility index (Phi) is 5.14.